The molecule has 0 saturated heterocycles. The molecule has 0 spiro atoms. The highest BCUT2D eigenvalue weighted by Gasteiger charge is 2.51. The largest absolute Gasteiger partial charge is 0.493 e. The first-order chi connectivity index (χ1) is 23.2. The molecule has 0 heterocycles. The summed E-state index contributed by atoms with van der Waals surface area (Å²) in [5, 5.41) is 14.0. The van der Waals surface area contributed by atoms with Crippen LogP contribution in [0.1, 0.15) is 99.1 Å². The van der Waals surface area contributed by atoms with Gasteiger partial charge in [-0.1, -0.05) is 92.1 Å². The molecule has 0 aromatic heterocycles. The second-order valence-corrected chi connectivity index (χ2v) is 15.3. The number of ketones is 1. The van der Waals surface area contributed by atoms with Gasteiger partial charge in [-0.15, -0.1) is 0 Å². The van der Waals surface area contributed by atoms with Crippen molar-refractivity contribution < 1.29 is 28.8 Å². The zero-order chi connectivity index (χ0) is 37.5. The predicted molar refractivity (Wildman–Crippen MR) is 198 cm³/mol. The predicted octanol–water partition coefficient (Wildman–Crippen LogP) is 9.34. The summed E-state index contributed by atoms with van der Waals surface area (Å²) < 4.78 is 11.9. The Morgan fingerprint density at radius 3 is 1.98 bits per heavy atom. The van der Waals surface area contributed by atoms with Crippen LogP contribution in [0.5, 0.6) is 11.5 Å². The number of nitrogens with one attached hydrogen (secondary N) is 2. The van der Waals surface area contributed by atoms with Crippen molar-refractivity contribution in [3.8, 4) is 11.5 Å². The number of hydrogen-bond donors (Lipinski definition) is 2. The number of alkyl halides is 1. The standard InChI is InChI=1S/C39H50ClN3O7/c1-10-37(6,7)26-17-22-32(31(24-26)38(8,9)11-2)49-23-13-16-33(44)41-27-14-12-15-28(25-27)42-35(46)39(40,34(45)36(3,4)5)50-30-20-18-29(19-21-30)43(47)48/h12,14-15,17-22,24-25H,10-11,13,16,23H2,1-9H3,(H,41,44)(H,42,46). The Hall–Kier alpha value is -4.44. The lowest BCUT2D eigenvalue weighted by Gasteiger charge is -2.31. The van der Waals surface area contributed by atoms with Gasteiger partial charge in [-0.05, 0) is 72.1 Å². The van der Waals surface area contributed by atoms with Crippen LogP contribution in [-0.4, -0.2) is 34.2 Å². The molecule has 10 nitrogen and oxygen atoms in total. The van der Waals surface area contributed by atoms with E-state index in [-0.39, 0.29) is 40.3 Å². The summed E-state index contributed by atoms with van der Waals surface area (Å²) >= 11 is 6.63. The first kappa shape index (κ1) is 40.0. The minimum atomic E-state index is -2.49. The Kier molecular flexibility index (Phi) is 12.8. The fourth-order valence-corrected chi connectivity index (χ4v) is 5.42. The Labute approximate surface area is 300 Å². The summed E-state index contributed by atoms with van der Waals surface area (Å²) in [5.41, 5.74) is 1.82. The Morgan fingerprint density at radius 1 is 0.820 bits per heavy atom. The van der Waals surface area contributed by atoms with E-state index in [1.165, 1.54) is 35.9 Å². The smallest absolute Gasteiger partial charge is 0.320 e. The van der Waals surface area contributed by atoms with Crippen LogP contribution in [0, 0.1) is 15.5 Å². The van der Waals surface area contributed by atoms with E-state index in [9.17, 15) is 24.5 Å². The van der Waals surface area contributed by atoms with Crippen LogP contribution in [0.3, 0.4) is 0 Å². The lowest BCUT2D eigenvalue weighted by molar-refractivity contribution is -0.384. The zero-order valence-corrected chi connectivity index (χ0v) is 31.3. The van der Waals surface area contributed by atoms with Gasteiger partial charge in [0.15, 0.2) is 0 Å². The number of benzene rings is 3. The number of ether oxygens (including phenoxy) is 2. The molecular formula is C39H50ClN3O7. The number of amides is 2. The first-order valence-electron chi connectivity index (χ1n) is 16.9. The number of rotatable bonds is 16. The maximum atomic E-state index is 13.5. The number of carbonyl (C=O) groups excluding carboxylic acids is 3. The van der Waals surface area contributed by atoms with Crippen molar-refractivity contribution >= 4 is 46.3 Å². The number of non-ortho nitro benzene ring substituents is 1. The zero-order valence-electron chi connectivity index (χ0n) is 30.6. The number of carbonyl (C=O) groups is 3. The second-order valence-electron chi connectivity index (χ2n) is 14.7. The van der Waals surface area contributed by atoms with Crippen LogP contribution in [0.2, 0.25) is 0 Å². The molecule has 0 aliphatic carbocycles. The average molecular weight is 708 g/mol. The van der Waals surface area contributed by atoms with Gasteiger partial charge in [-0.25, -0.2) is 0 Å². The number of nitrogens with zero attached hydrogens (tertiary/aromatic N) is 1. The molecule has 0 radical (unpaired) electrons. The molecule has 50 heavy (non-hydrogen) atoms. The number of halogens is 1. The Balaban J connectivity index is 1.66. The second kappa shape index (κ2) is 16.1. The average Bonchev–Trinajstić information content (AvgIpc) is 3.06. The fraction of sp³-hybridized carbons (Fsp3) is 0.462. The minimum Gasteiger partial charge on any atom is -0.493 e. The monoisotopic (exact) mass is 707 g/mol. The van der Waals surface area contributed by atoms with Crippen LogP contribution in [0.15, 0.2) is 66.7 Å². The lowest BCUT2D eigenvalue weighted by Crippen LogP contribution is -2.54. The SMILES string of the molecule is CCC(C)(C)c1ccc(OCCCC(=O)Nc2cccc(NC(=O)C(Cl)(Oc3ccc([N+](=O)[O-])cc3)C(=O)C(C)(C)C)c2)c(C(C)(C)CC)c1. The highest BCUT2D eigenvalue weighted by Crippen LogP contribution is 2.39. The normalized spacial score (nSPS) is 13.2. The fourth-order valence-electron chi connectivity index (χ4n) is 5.00. The number of anilines is 2. The van der Waals surface area contributed by atoms with E-state index in [0.717, 1.165) is 24.2 Å². The van der Waals surface area contributed by atoms with Crippen LogP contribution in [-0.2, 0) is 25.2 Å². The third-order valence-electron chi connectivity index (χ3n) is 9.04. The van der Waals surface area contributed by atoms with Gasteiger partial charge in [0.25, 0.3) is 11.6 Å². The molecule has 3 rings (SSSR count). The summed E-state index contributed by atoms with van der Waals surface area (Å²) in [4.78, 5) is 50.2. The molecule has 3 aromatic rings. The first-order valence-corrected chi connectivity index (χ1v) is 17.3. The van der Waals surface area contributed by atoms with Gasteiger partial charge in [0.1, 0.15) is 11.5 Å². The summed E-state index contributed by atoms with van der Waals surface area (Å²) in [7, 11) is 0. The summed E-state index contributed by atoms with van der Waals surface area (Å²) in [6, 6.07) is 17.7. The molecule has 0 aliphatic heterocycles. The van der Waals surface area contributed by atoms with Crippen LogP contribution < -0.4 is 20.1 Å². The van der Waals surface area contributed by atoms with Crippen LogP contribution in [0.25, 0.3) is 0 Å². The highest BCUT2D eigenvalue weighted by atomic mass is 35.5. The van der Waals surface area contributed by atoms with Crippen LogP contribution in [0.4, 0.5) is 17.1 Å². The maximum absolute atomic E-state index is 13.5. The third-order valence-corrected chi connectivity index (χ3v) is 9.46. The maximum Gasteiger partial charge on any atom is 0.320 e. The van der Waals surface area contributed by atoms with Gasteiger partial charge < -0.3 is 20.1 Å². The number of nitro benzene ring substituents is 1. The van der Waals surface area contributed by atoms with Crippen molar-refractivity contribution in [2.45, 2.75) is 104 Å². The van der Waals surface area contributed by atoms with Crippen molar-refractivity contribution in [2.24, 2.45) is 5.41 Å². The molecule has 3 aromatic carbocycles. The van der Waals surface area contributed by atoms with Gasteiger partial charge in [0.05, 0.1) is 11.5 Å². The van der Waals surface area contributed by atoms with Crippen molar-refractivity contribution in [3.63, 3.8) is 0 Å². The van der Waals surface area contributed by atoms with Gasteiger partial charge in [-0.3, -0.25) is 24.5 Å². The van der Waals surface area contributed by atoms with E-state index in [0.29, 0.717) is 18.7 Å². The van der Waals surface area contributed by atoms with Crippen molar-refractivity contribution in [2.75, 3.05) is 17.2 Å². The molecule has 1 unspecified atom stereocenters. The van der Waals surface area contributed by atoms with Gasteiger partial charge >= 0.3 is 5.06 Å². The molecule has 0 aliphatic rings. The Bertz CT molecular complexity index is 1700. The van der Waals surface area contributed by atoms with Gasteiger partial charge in [-0.2, -0.15) is 0 Å². The molecule has 2 amide bonds. The highest BCUT2D eigenvalue weighted by molar-refractivity contribution is 6.47. The van der Waals surface area contributed by atoms with E-state index < -0.39 is 27.1 Å². The van der Waals surface area contributed by atoms with E-state index in [4.69, 9.17) is 21.1 Å². The molecule has 0 fully saturated rings. The van der Waals surface area contributed by atoms with Crippen molar-refractivity contribution in [1.29, 1.82) is 0 Å². The summed E-state index contributed by atoms with van der Waals surface area (Å²) in [5.74, 6) is -1.10. The van der Waals surface area contributed by atoms with Crippen LogP contribution >= 0.6 is 11.6 Å². The molecule has 0 saturated carbocycles. The lowest BCUT2D eigenvalue weighted by atomic mass is 9.76. The summed E-state index contributed by atoms with van der Waals surface area (Å²) in [6.07, 6.45) is 2.66. The quantitative estimate of drug-likeness (QED) is 0.0498. The minimum absolute atomic E-state index is 0.00824. The van der Waals surface area contributed by atoms with Crippen molar-refractivity contribution in [3.05, 3.63) is 88.0 Å². The van der Waals surface area contributed by atoms with Gasteiger partial charge in [0.2, 0.25) is 11.7 Å². The molecule has 2 N–H and O–H groups in total. The van der Waals surface area contributed by atoms with Gasteiger partial charge in [0, 0.05) is 40.9 Å². The number of nitro groups is 1. The molecule has 0 bridgehead atoms. The molecule has 11 heteroatoms. The Morgan fingerprint density at radius 2 is 1.42 bits per heavy atom. The van der Waals surface area contributed by atoms with E-state index >= 15 is 0 Å². The van der Waals surface area contributed by atoms with E-state index in [1.807, 2.05) is 6.07 Å². The molecular weight excluding hydrogens is 658 g/mol. The third kappa shape index (κ3) is 10.1. The number of hydrogen-bond acceptors (Lipinski definition) is 7. The summed E-state index contributed by atoms with van der Waals surface area (Å²) in [6.45, 7) is 18.4. The van der Waals surface area contributed by atoms with E-state index in [1.54, 1.807) is 39.0 Å². The number of Topliss-reactive ketones (excluding diaryl/α,β-unsaturated/α-hetero) is 1. The van der Waals surface area contributed by atoms with Crippen molar-refractivity contribution in [1.82, 2.24) is 0 Å². The van der Waals surface area contributed by atoms with E-state index in [2.05, 4.69) is 64.3 Å². The molecule has 1 atom stereocenters. The topological polar surface area (TPSA) is 137 Å². The molecule has 270 valence electrons.